The summed E-state index contributed by atoms with van der Waals surface area (Å²) in [7, 11) is 0. The molecule has 2 N–H and O–H groups in total. The quantitative estimate of drug-likeness (QED) is 0.729. The van der Waals surface area contributed by atoms with Crippen molar-refractivity contribution in [1.29, 1.82) is 0 Å². The van der Waals surface area contributed by atoms with E-state index in [4.69, 9.17) is 4.74 Å². The predicted molar refractivity (Wildman–Crippen MR) is 103 cm³/mol. The van der Waals surface area contributed by atoms with Crippen LogP contribution in [0.2, 0.25) is 0 Å². The van der Waals surface area contributed by atoms with Gasteiger partial charge in [-0.1, -0.05) is 12.1 Å². The van der Waals surface area contributed by atoms with Crippen LogP contribution >= 0.6 is 0 Å². The Morgan fingerprint density at radius 1 is 1.17 bits per heavy atom. The summed E-state index contributed by atoms with van der Waals surface area (Å²) < 4.78 is 18.3. The molecule has 0 spiro atoms. The number of carbonyl (C=O) groups is 3. The summed E-state index contributed by atoms with van der Waals surface area (Å²) in [5, 5.41) is 0. The zero-order valence-corrected chi connectivity index (χ0v) is 16.0. The second-order valence-electron chi connectivity index (χ2n) is 6.78. The Morgan fingerprint density at radius 3 is 2.62 bits per heavy atom. The standard InChI is InChI=1S/C21H22FN3O4/c1-14(29-18-9-7-17(22)8-10-18)20(27)23-24-21(28)16-5-2-4-15(12-16)13-25-11-3-6-19(25)26/h2,4-5,7-10,12,14H,3,6,11,13H2,1H3,(H,23,27)(H,24,28)/t14-/m0/s1. The van der Waals surface area contributed by atoms with Gasteiger partial charge in [-0.3, -0.25) is 25.2 Å². The minimum Gasteiger partial charge on any atom is -0.481 e. The fourth-order valence-electron chi connectivity index (χ4n) is 2.97. The average Bonchev–Trinajstić information content (AvgIpc) is 3.12. The average molecular weight is 399 g/mol. The SMILES string of the molecule is C[C@H](Oc1ccc(F)cc1)C(=O)NNC(=O)c1cccc(CN2CCCC2=O)c1. The minimum absolute atomic E-state index is 0.113. The Morgan fingerprint density at radius 2 is 1.93 bits per heavy atom. The lowest BCUT2D eigenvalue weighted by Crippen LogP contribution is -2.47. The normalized spacial score (nSPS) is 14.4. The predicted octanol–water partition coefficient (Wildman–Crippen LogP) is 2.18. The molecule has 2 aromatic rings. The van der Waals surface area contributed by atoms with Gasteiger partial charge < -0.3 is 9.64 Å². The van der Waals surface area contributed by atoms with Crippen LogP contribution < -0.4 is 15.6 Å². The van der Waals surface area contributed by atoms with Gasteiger partial charge >= 0.3 is 0 Å². The van der Waals surface area contributed by atoms with E-state index in [-0.39, 0.29) is 5.91 Å². The first-order valence-electron chi connectivity index (χ1n) is 9.31. The molecular formula is C21H22FN3O4. The highest BCUT2D eigenvalue weighted by Crippen LogP contribution is 2.15. The number of nitrogens with zero attached hydrogens (tertiary/aromatic N) is 1. The summed E-state index contributed by atoms with van der Waals surface area (Å²) in [4.78, 5) is 38.0. The van der Waals surface area contributed by atoms with Gasteiger partial charge in [-0.2, -0.15) is 0 Å². The van der Waals surface area contributed by atoms with E-state index in [1.54, 1.807) is 23.1 Å². The van der Waals surface area contributed by atoms with Crippen LogP contribution in [0, 0.1) is 5.82 Å². The van der Waals surface area contributed by atoms with Crippen molar-refractivity contribution in [3.8, 4) is 5.75 Å². The Hall–Kier alpha value is -3.42. The maximum atomic E-state index is 12.9. The number of benzene rings is 2. The number of nitrogens with one attached hydrogen (secondary N) is 2. The van der Waals surface area contributed by atoms with Crippen LogP contribution in [0.4, 0.5) is 4.39 Å². The molecule has 2 aromatic carbocycles. The van der Waals surface area contributed by atoms with Gasteiger partial charge in [0.15, 0.2) is 6.10 Å². The van der Waals surface area contributed by atoms with E-state index in [0.29, 0.717) is 24.3 Å². The molecule has 0 unspecified atom stereocenters. The first-order chi connectivity index (χ1) is 13.9. The summed E-state index contributed by atoms with van der Waals surface area (Å²) in [5.74, 6) is -0.992. The second kappa shape index (κ2) is 9.18. The topological polar surface area (TPSA) is 87.7 Å². The van der Waals surface area contributed by atoms with Gasteiger partial charge in [-0.15, -0.1) is 0 Å². The summed E-state index contributed by atoms with van der Waals surface area (Å²) in [5.41, 5.74) is 5.86. The van der Waals surface area contributed by atoms with E-state index in [9.17, 15) is 18.8 Å². The molecule has 1 saturated heterocycles. The molecule has 1 heterocycles. The number of likely N-dealkylation sites (tertiary alicyclic amines) is 1. The molecule has 1 fully saturated rings. The van der Waals surface area contributed by atoms with Gasteiger partial charge in [0.25, 0.3) is 11.8 Å². The summed E-state index contributed by atoms with van der Waals surface area (Å²) in [6.07, 6.45) is 0.515. The molecule has 1 aliphatic rings. The van der Waals surface area contributed by atoms with Crippen LogP contribution in [0.1, 0.15) is 35.7 Å². The molecule has 0 saturated carbocycles. The third-order valence-electron chi connectivity index (χ3n) is 4.53. The Labute approximate surface area is 167 Å². The van der Waals surface area contributed by atoms with E-state index in [0.717, 1.165) is 18.5 Å². The zero-order chi connectivity index (χ0) is 20.8. The number of halogens is 1. The number of ether oxygens (including phenoxy) is 1. The van der Waals surface area contributed by atoms with Crippen molar-refractivity contribution in [1.82, 2.24) is 15.8 Å². The molecule has 8 heteroatoms. The first kappa shape index (κ1) is 20.3. The van der Waals surface area contributed by atoms with Crippen LogP contribution in [-0.4, -0.2) is 35.3 Å². The Kier molecular flexibility index (Phi) is 6.43. The molecule has 3 rings (SSSR count). The highest BCUT2D eigenvalue weighted by atomic mass is 19.1. The van der Waals surface area contributed by atoms with Gasteiger partial charge in [0.05, 0.1) is 0 Å². The Bertz CT molecular complexity index is 901. The largest absolute Gasteiger partial charge is 0.481 e. The molecule has 1 aliphatic heterocycles. The van der Waals surface area contributed by atoms with Crippen molar-refractivity contribution in [3.05, 3.63) is 65.5 Å². The lowest BCUT2D eigenvalue weighted by atomic mass is 10.1. The van der Waals surface area contributed by atoms with Crippen molar-refractivity contribution in [2.75, 3.05) is 6.54 Å². The van der Waals surface area contributed by atoms with Crippen molar-refractivity contribution < 1.29 is 23.5 Å². The van der Waals surface area contributed by atoms with E-state index in [1.807, 2.05) is 6.07 Å². The van der Waals surface area contributed by atoms with Crippen LogP contribution in [-0.2, 0) is 16.1 Å². The summed E-state index contributed by atoms with van der Waals surface area (Å²) in [6, 6.07) is 12.2. The summed E-state index contributed by atoms with van der Waals surface area (Å²) >= 11 is 0. The fourth-order valence-corrected chi connectivity index (χ4v) is 2.97. The molecule has 0 radical (unpaired) electrons. The number of hydrogen-bond donors (Lipinski definition) is 2. The van der Waals surface area contributed by atoms with E-state index in [2.05, 4.69) is 10.9 Å². The molecule has 29 heavy (non-hydrogen) atoms. The molecule has 1 atom stereocenters. The van der Waals surface area contributed by atoms with Crippen LogP contribution in [0.3, 0.4) is 0 Å². The van der Waals surface area contributed by atoms with E-state index >= 15 is 0 Å². The number of hydrogen-bond acceptors (Lipinski definition) is 4. The maximum Gasteiger partial charge on any atom is 0.279 e. The van der Waals surface area contributed by atoms with Gasteiger partial charge in [-0.25, -0.2) is 4.39 Å². The monoisotopic (exact) mass is 399 g/mol. The highest BCUT2D eigenvalue weighted by Gasteiger charge is 2.20. The van der Waals surface area contributed by atoms with Crippen molar-refractivity contribution >= 4 is 17.7 Å². The maximum absolute atomic E-state index is 12.9. The smallest absolute Gasteiger partial charge is 0.279 e. The van der Waals surface area contributed by atoms with Gasteiger partial charge in [0, 0.05) is 25.1 Å². The van der Waals surface area contributed by atoms with Crippen LogP contribution in [0.15, 0.2) is 48.5 Å². The molecule has 0 bridgehead atoms. The zero-order valence-electron chi connectivity index (χ0n) is 16.0. The summed E-state index contributed by atoms with van der Waals surface area (Å²) in [6.45, 7) is 2.69. The van der Waals surface area contributed by atoms with Crippen molar-refractivity contribution in [3.63, 3.8) is 0 Å². The fraction of sp³-hybridized carbons (Fsp3) is 0.286. The number of amides is 3. The third kappa shape index (κ3) is 5.54. The van der Waals surface area contributed by atoms with Gasteiger partial charge in [0.2, 0.25) is 5.91 Å². The number of carbonyl (C=O) groups excluding carboxylic acids is 3. The van der Waals surface area contributed by atoms with Crippen molar-refractivity contribution in [2.45, 2.75) is 32.4 Å². The Balaban J connectivity index is 1.51. The minimum atomic E-state index is -0.895. The van der Waals surface area contributed by atoms with E-state index < -0.39 is 23.7 Å². The van der Waals surface area contributed by atoms with E-state index in [1.165, 1.54) is 31.2 Å². The third-order valence-corrected chi connectivity index (χ3v) is 4.53. The molecule has 152 valence electrons. The molecule has 3 amide bonds. The van der Waals surface area contributed by atoms with Crippen molar-refractivity contribution in [2.24, 2.45) is 0 Å². The molecule has 7 nitrogen and oxygen atoms in total. The molecular weight excluding hydrogens is 377 g/mol. The first-order valence-corrected chi connectivity index (χ1v) is 9.31. The lowest BCUT2D eigenvalue weighted by Gasteiger charge is -2.17. The van der Waals surface area contributed by atoms with Crippen LogP contribution in [0.5, 0.6) is 5.75 Å². The molecule has 0 aliphatic carbocycles. The molecule has 0 aromatic heterocycles. The van der Waals surface area contributed by atoms with Gasteiger partial charge in [0.1, 0.15) is 11.6 Å². The number of hydrazine groups is 1. The van der Waals surface area contributed by atoms with Gasteiger partial charge in [-0.05, 0) is 55.3 Å². The lowest BCUT2D eigenvalue weighted by molar-refractivity contribution is -0.128. The number of rotatable bonds is 6. The second-order valence-corrected chi connectivity index (χ2v) is 6.78. The van der Waals surface area contributed by atoms with Crippen LogP contribution in [0.25, 0.3) is 0 Å². The highest BCUT2D eigenvalue weighted by molar-refractivity contribution is 5.95.